The highest BCUT2D eigenvalue weighted by Gasteiger charge is 2.19. The molecule has 4 N–H and O–H groups in total. The minimum absolute atomic E-state index is 0.0278. The summed E-state index contributed by atoms with van der Waals surface area (Å²) in [6.07, 6.45) is 0. The zero-order chi connectivity index (χ0) is 17.7. The average Bonchev–Trinajstić information content (AvgIpc) is 2.28. The first-order valence-electron chi connectivity index (χ1n) is 6.57. The van der Waals surface area contributed by atoms with Gasteiger partial charge in [-0.25, -0.2) is 0 Å². The normalized spacial score (nSPS) is 10.7. The summed E-state index contributed by atoms with van der Waals surface area (Å²) >= 11 is 0. The lowest BCUT2D eigenvalue weighted by atomic mass is 9.98. The first-order chi connectivity index (χ1) is 9.30. The molecule has 128 valence electrons. The van der Waals surface area contributed by atoms with E-state index in [0.717, 1.165) is 0 Å². The summed E-state index contributed by atoms with van der Waals surface area (Å²) in [5.74, 6) is -1.51. The topological polar surface area (TPSA) is 124 Å². The molecule has 0 aromatic heterocycles. The van der Waals surface area contributed by atoms with Gasteiger partial charge in [-0.05, 0) is 41.5 Å². The maximum Gasteiger partial charge on any atom is 0.308 e. The standard InChI is InChI=1S/2C5H10O2.C4H10O3/c2*1-5(2,3)4(6)7;5-1-3-7-4-2-6/h2*1-3H3,(H,6,7);5-6H,1-4H2. The molecule has 0 atom stereocenters. The Balaban J connectivity index is -0.000000231. The fraction of sp³-hybridized carbons (Fsp3) is 0.857. The van der Waals surface area contributed by atoms with E-state index >= 15 is 0 Å². The maximum absolute atomic E-state index is 10.0. The van der Waals surface area contributed by atoms with Crippen molar-refractivity contribution < 1.29 is 34.8 Å². The van der Waals surface area contributed by atoms with Crippen molar-refractivity contribution in [2.75, 3.05) is 26.4 Å². The second-order valence-electron chi connectivity index (χ2n) is 6.17. The molecule has 0 unspecified atom stereocenters. The fourth-order valence-electron chi connectivity index (χ4n) is 0.231. The number of carboxylic acid groups (broad SMARTS) is 2. The molecule has 7 nitrogen and oxygen atoms in total. The predicted molar refractivity (Wildman–Crippen MR) is 79.2 cm³/mol. The van der Waals surface area contributed by atoms with E-state index in [9.17, 15) is 9.59 Å². The van der Waals surface area contributed by atoms with Gasteiger partial charge in [0.05, 0.1) is 37.3 Å². The second kappa shape index (κ2) is 12.6. The van der Waals surface area contributed by atoms with Crippen molar-refractivity contribution in [1.82, 2.24) is 0 Å². The predicted octanol–water partition coefficient (Wildman–Crippen LogP) is 1.22. The molecule has 0 fully saturated rings. The Hall–Kier alpha value is -1.18. The number of aliphatic carboxylic acids is 2. The van der Waals surface area contributed by atoms with Gasteiger partial charge >= 0.3 is 11.9 Å². The Kier molecular flexibility index (Phi) is 14.8. The van der Waals surface area contributed by atoms with Crippen LogP contribution in [0.25, 0.3) is 0 Å². The molecule has 0 saturated heterocycles. The van der Waals surface area contributed by atoms with Gasteiger partial charge in [-0.2, -0.15) is 0 Å². The van der Waals surface area contributed by atoms with Crippen LogP contribution in [0.15, 0.2) is 0 Å². The van der Waals surface area contributed by atoms with E-state index in [4.69, 9.17) is 20.4 Å². The van der Waals surface area contributed by atoms with Crippen LogP contribution in [-0.2, 0) is 14.3 Å². The van der Waals surface area contributed by atoms with Crippen LogP contribution in [0, 0.1) is 10.8 Å². The van der Waals surface area contributed by atoms with Crippen molar-refractivity contribution in [3.63, 3.8) is 0 Å². The number of aliphatic hydroxyl groups is 2. The molecule has 0 aliphatic heterocycles. The van der Waals surface area contributed by atoms with Crippen molar-refractivity contribution in [2.24, 2.45) is 10.8 Å². The number of rotatable bonds is 4. The van der Waals surface area contributed by atoms with E-state index in [0.29, 0.717) is 13.2 Å². The molecule has 0 aliphatic carbocycles. The number of hydrogen-bond donors (Lipinski definition) is 4. The highest BCUT2D eigenvalue weighted by Crippen LogP contribution is 2.11. The summed E-state index contributed by atoms with van der Waals surface area (Å²) < 4.78 is 4.63. The highest BCUT2D eigenvalue weighted by molar-refractivity contribution is 5.73. The van der Waals surface area contributed by atoms with Crippen LogP contribution in [0.5, 0.6) is 0 Å². The lowest BCUT2D eigenvalue weighted by molar-refractivity contribution is -0.146. The van der Waals surface area contributed by atoms with Crippen molar-refractivity contribution in [3.8, 4) is 0 Å². The fourth-order valence-corrected chi connectivity index (χ4v) is 0.231. The van der Waals surface area contributed by atoms with E-state index in [1.807, 2.05) is 0 Å². The van der Waals surface area contributed by atoms with Crippen LogP contribution in [-0.4, -0.2) is 58.8 Å². The molecule has 0 bridgehead atoms. The maximum atomic E-state index is 10.0. The summed E-state index contributed by atoms with van der Waals surface area (Å²) in [5, 5.41) is 32.7. The van der Waals surface area contributed by atoms with Crippen molar-refractivity contribution in [1.29, 1.82) is 0 Å². The number of ether oxygens (including phenoxy) is 1. The lowest BCUT2D eigenvalue weighted by Gasteiger charge is -2.08. The molecule has 7 heteroatoms. The number of carboxylic acids is 2. The van der Waals surface area contributed by atoms with Gasteiger partial charge < -0.3 is 25.2 Å². The van der Waals surface area contributed by atoms with Crippen molar-refractivity contribution >= 4 is 11.9 Å². The van der Waals surface area contributed by atoms with Crippen molar-refractivity contribution in [2.45, 2.75) is 41.5 Å². The second-order valence-corrected chi connectivity index (χ2v) is 6.17. The lowest BCUT2D eigenvalue weighted by Crippen LogP contribution is -2.18. The Morgan fingerprint density at radius 1 is 0.762 bits per heavy atom. The Morgan fingerprint density at radius 3 is 1.05 bits per heavy atom. The molecule has 0 heterocycles. The molecule has 0 aliphatic rings. The first kappa shape index (κ1) is 24.8. The van der Waals surface area contributed by atoms with Crippen LogP contribution in [0.4, 0.5) is 0 Å². The number of hydrogen-bond acceptors (Lipinski definition) is 5. The monoisotopic (exact) mass is 310 g/mol. The number of aliphatic hydroxyl groups excluding tert-OH is 2. The highest BCUT2D eigenvalue weighted by atomic mass is 16.5. The molecule has 0 aromatic rings. The zero-order valence-corrected chi connectivity index (χ0v) is 13.8. The van der Waals surface area contributed by atoms with Crippen LogP contribution in [0.2, 0.25) is 0 Å². The molecular weight excluding hydrogens is 280 g/mol. The Labute approximate surface area is 126 Å². The van der Waals surface area contributed by atoms with Crippen LogP contribution >= 0.6 is 0 Å². The van der Waals surface area contributed by atoms with Gasteiger partial charge in [0.2, 0.25) is 0 Å². The third-order valence-electron chi connectivity index (χ3n) is 1.75. The minimum Gasteiger partial charge on any atom is -0.481 e. The summed E-state index contributed by atoms with van der Waals surface area (Å²) in [4.78, 5) is 20.0. The van der Waals surface area contributed by atoms with Gasteiger partial charge in [0, 0.05) is 0 Å². The van der Waals surface area contributed by atoms with E-state index in [1.54, 1.807) is 41.5 Å². The van der Waals surface area contributed by atoms with Crippen LogP contribution in [0.1, 0.15) is 41.5 Å². The van der Waals surface area contributed by atoms with E-state index in [2.05, 4.69) is 4.74 Å². The molecule has 0 amide bonds. The quantitative estimate of drug-likeness (QED) is 0.575. The summed E-state index contributed by atoms with van der Waals surface area (Å²) in [6, 6.07) is 0. The molecule has 0 aromatic carbocycles. The molecular formula is C14H30O7. The smallest absolute Gasteiger partial charge is 0.308 e. The number of carbonyl (C=O) groups is 2. The summed E-state index contributed by atoms with van der Waals surface area (Å²) in [7, 11) is 0. The molecule has 0 radical (unpaired) electrons. The van der Waals surface area contributed by atoms with Gasteiger partial charge in [0.15, 0.2) is 0 Å². The Bertz CT molecular complexity index is 246. The van der Waals surface area contributed by atoms with Crippen LogP contribution < -0.4 is 0 Å². The largest absolute Gasteiger partial charge is 0.481 e. The van der Waals surface area contributed by atoms with Gasteiger partial charge in [-0.3, -0.25) is 9.59 Å². The first-order valence-corrected chi connectivity index (χ1v) is 6.57. The SMILES string of the molecule is CC(C)(C)C(=O)O.CC(C)(C)C(=O)O.OCCOCCO. The van der Waals surface area contributed by atoms with Gasteiger partial charge in [0.25, 0.3) is 0 Å². The molecule has 0 saturated carbocycles. The third-order valence-corrected chi connectivity index (χ3v) is 1.75. The minimum atomic E-state index is -0.757. The summed E-state index contributed by atoms with van der Waals surface area (Å²) in [5.41, 5.74) is -1.17. The van der Waals surface area contributed by atoms with Crippen LogP contribution in [0.3, 0.4) is 0 Å². The zero-order valence-electron chi connectivity index (χ0n) is 13.8. The third kappa shape index (κ3) is 24.2. The summed E-state index contributed by atoms with van der Waals surface area (Å²) in [6.45, 7) is 10.7. The van der Waals surface area contributed by atoms with Gasteiger partial charge in [-0.1, -0.05) is 0 Å². The molecule has 21 heavy (non-hydrogen) atoms. The van der Waals surface area contributed by atoms with E-state index in [1.165, 1.54) is 0 Å². The van der Waals surface area contributed by atoms with E-state index in [-0.39, 0.29) is 13.2 Å². The average molecular weight is 310 g/mol. The van der Waals surface area contributed by atoms with Gasteiger partial charge in [-0.15, -0.1) is 0 Å². The Morgan fingerprint density at radius 2 is 0.952 bits per heavy atom. The molecule has 0 rings (SSSR count). The molecule has 0 spiro atoms. The van der Waals surface area contributed by atoms with Crippen molar-refractivity contribution in [3.05, 3.63) is 0 Å². The van der Waals surface area contributed by atoms with E-state index < -0.39 is 22.8 Å². The van der Waals surface area contributed by atoms with Gasteiger partial charge in [0.1, 0.15) is 0 Å².